The van der Waals surface area contributed by atoms with Crippen LogP contribution in [-0.4, -0.2) is 15.1 Å². The number of rotatable bonds is 2. The number of fused-ring (bicyclic) bond motifs is 2. The molecule has 2 aliphatic heterocycles. The highest BCUT2D eigenvalue weighted by atomic mass is 32.2. The number of para-hydroxylation sites is 2. The molecular formula is C21H13NO2S3. The molecule has 0 N–H and O–H groups in total. The van der Waals surface area contributed by atoms with Crippen molar-refractivity contribution in [2.75, 3.05) is 0 Å². The van der Waals surface area contributed by atoms with Crippen LogP contribution in [0.3, 0.4) is 0 Å². The van der Waals surface area contributed by atoms with Crippen molar-refractivity contribution in [1.29, 1.82) is 0 Å². The lowest BCUT2D eigenvalue weighted by Crippen LogP contribution is -2.34. The Morgan fingerprint density at radius 2 is 1.63 bits per heavy atom. The number of thiocarbonyl (C=S) groups is 1. The van der Waals surface area contributed by atoms with Gasteiger partial charge >= 0.3 is 0 Å². The fourth-order valence-electron chi connectivity index (χ4n) is 3.37. The van der Waals surface area contributed by atoms with Crippen molar-refractivity contribution >= 4 is 51.6 Å². The first-order chi connectivity index (χ1) is 13.2. The smallest absolute Gasteiger partial charge is 0.267 e. The van der Waals surface area contributed by atoms with E-state index in [2.05, 4.69) is 0 Å². The van der Waals surface area contributed by atoms with E-state index in [4.69, 9.17) is 17.0 Å². The maximum absolute atomic E-state index is 13.3. The molecule has 1 fully saturated rings. The number of carbonyl (C=O) groups is 1. The molecule has 3 nitrogen and oxygen atoms in total. The van der Waals surface area contributed by atoms with Gasteiger partial charge in [-0.2, -0.15) is 0 Å². The van der Waals surface area contributed by atoms with Crippen molar-refractivity contribution in [3.63, 3.8) is 0 Å². The van der Waals surface area contributed by atoms with Gasteiger partial charge in [0.05, 0.1) is 10.9 Å². The highest BCUT2D eigenvalue weighted by Gasteiger charge is 2.42. The Hall–Kier alpha value is -2.41. The molecule has 0 bridgehead atoms. The number of ether oxygens (including phenoxy) is 1. The van der Waals surface area contributed by atoms with E-state index in [1.807, 2.05) is 72.1 Å². The van der Waals surface area contributed by atoms with E-state index in [1.54, 1.807) is 16.2 Å². The molecule has 2 aromatic carbocycles. The third-order valence-electron chi connectivity index (χ3n) is 4.55. The zero-order valence-corrected chi connectivity index (χ0v) is 16.4. The van der Waals surface area contributed by atoms with Crippen molar-refractivity contribution in [2.24, 2.45) is 0 Å². The van der Waals surface area contributed by atoms with Gasteiger partial charge in [0, 0.05) is 16.0 Å². The van der Waals surface area contributed by atoms with Crippen LogP contribution >= 0.6 is 35.3 Å². The van der Waals surface area contributed by atoms with Gasteiger partial charge in [0.15, 0.2) is 0 Å². The first-order valence-electron chi connectivity index (χ1n) is 8.38. The van der Waals surface area contributed by atoms with Gasteiger partial charge < -0.3 is 4.74 Å². The highest BCUT2D eigenvalue weighted by molar-refractivity contribution is 8.26. The van der Waals surface area contributed by atoms with Crippen LogP contribution in [0.2, 0.25) is 0 Å². The molecule has 1 amide bonds. The van der Waals surface area contributed by atoms with Gasteiger partial charge in [-0.15, -0.1) is 11.3 Å². The third-order valence-corrected chi connectivity index (χ3v) is 6.70. The molecule has 0 saturated carbocycles. The number of hydrogen-bond donors (Lipinski definition) is 0. The average Bonchev–Trinajstić information content (AvgIpc) is 3.29. The molecule has 0 aliphatic carbocycles. The van der Waals surface area contributed by atoms with Crippen LogP contribution in [0.25, 0.3) is 6.08 Å². The first kappa shape index (κ1) is 16.7. The molecule has 0 spiro atoms. The molecule has 3 heterocycles. The number of thioether (sulfide) groups is 1. The SMILES string of the molecule is O=C1/C(=C/c2cccs2)SC(=S)N1C1c2ccccc2Oc2ccccc21. The van der Waals surface area contributed by atoms with Gasteiger partial charge in [-0.25, -0.2) is 0 Å². The molecule has 27 heavy (non-hydrogen) atoms. The Kier molecular flexibility index (Phi) is 4.11. The van der Waals surface area contributed by atoms with E-state index < -0.39 is 0 Å². The lowest BCUT2D eigenvalue weighted by molar-refractivity contribution is -0.123. The van der Waals surface area contributed by atoms with Crippen LogP contribution in [0.4, 0.5) is 0 Å². The summed E-state index contributed by atoms with van der Waals surface area (Å²) < 4.78 is 6.62. The predicted molar refractivity (Wildman–Crippen MR) is 114 cm³/mol. The Morgan fingerprint density at radius 3 is 2.26 bits per heavy atom. The van der Waals surface area contributed by atoms with Crippen molar-refractivity contribution in [2.45, 2.75) is 6.04 Å². The van der Waals surface area contributed by atoms with Crippen LogP contribution in [0.15, 0.2) is 70.9 Å². The Morgan fingerprint density at radius 1 is 0.963 bits per heavy atom. The van der Waals surface area contributed by atoms with Gasteiger partial charge in [0.2, 0.25) is 0 Å². The highest BCUT2D eigenvalue weighted by Crippen LogP contribution is 2.49. The van der Waals surface area contributed by atoms with E-state index in [-0.39, 0.29) is 11.9 Å². The van der Waals surface area contributed by atoms with E-state index in [0.717, 1.165) is 27.5 Å². The maximum atomic E-state index is 13.3. The molecule has 2 aliphatic rings. The minimum absolute atomic E-state index is 0.0603. The number of benzene rings is 2. The molecule has 5 rings (SSSR count). The molecule has 6 heteroatoms. The molecule has 0 unspecified atom stereocenters. The third kappa shape index (κ3) is 2.81. The van der Waals surface area contributed by atoms with E-state index >= 15 is 0 Å². The molecule has 1 aromatic heterocycles. The fourth-order valence-corrected chi connectivity index (χ4v) is 5.40. The lowest BCUT2D eigenvalue weighted by atomic mass is 9.93. The zero-order chi connectivity index (χ0) is 18.4. The van der Waals surface area contributed by atoms with Crippen LogP contribution in [0.1, 0.15) is 22.0 Å². The van der Waals surface area contributed by atoms with Crippen molar-refractivity contribution < 1.29 is 9.53 Å². The number of nitrogens with zero attached hydrogens (tertiary/aromatic N) is 1. The standard InChI is InChI=1S/C21H13NO2S3/c23-20-18(12-13-6-5-11-26-13)27-21(25)22(20)19-14-7-1-3-9-16(14)24-17-10-4-2-8-15(17)19/h1-12,19H/b18-12-. The first-order valence-corrected chi connectivity index (χ1v) is 10.5. The van der Waals surface area contributed by atoms with E-state index in [0.29, 0.717) is 9.23 Å². The predicted octanol–water partition coefficient (Wildman–Crippen LogP) is 5.84. The Bertz CT molecular complexity index is 1040. The maximum Gasteiger partial charge on any atom is 0.267 e. The van der Waals surface area contributed by atoms with Crippen LogP contribution in [0.5, 0.6) is 11.5 Å². The van der Waals surface area contributed by atoms with Gasteiger partial charge in [0.1, 0.15) is 15.8 Å². The van der Waals surface area contributed by atoms with Crippen molar-refractivity contribution in [1.82, 2.24) is 4.90 Å². The fraction of sp³-hybridized carbons (Fsp3) is 0.0476. The van der Waals surface area contributed by atoms with Crippen molar-refractivity contribution in [3.8, 4) is 11.5 Å². The van der Waals surface area contributed by atoms with Crippen LogP contribution in [0, 0.1) is 0 Å². The second kappa shape index (κ2) is 6.64. The molecule has 1 saturated heterocycles. The molecule has 0 atom stereocenters. The second-order valence-corrected chi connectivity index (χ2v) is 8.80. The lowest BCUT2D eigenvalue weighted by Gasteiger charge is -2.33. The molecular weight excluding hydrogens is 394 g/mol. The molecule has 3 aromatic rings. The topological polar surface area (TPSA) is 29.5 Å². The number of thiophene rings is 1. The quantitative estimate of drug-likeness (QED) is 0.394. The van der Waals surface area contributed by atoms with E-state index in [1.165, 1.54) is 11.8 Å². The largest absolute Gasteiger partial charge is 0.457 e. The Labute approximate surface area is 170 Å². The number of amides is 1. The Balaban J connectivity index is 1.62. The summed E-state index contributed by atoms with van der Waals surface area (Å²) in [7, 11) is 0. The second-order valence-electron chi connectivity index (χ2n) is 6.15. The van der Waals surface area contributed by atoms with Crippen molar-refractivity contribution in [3.05, 3.63) is 87.0 Å². The summed E-state index contributed by atoms with van der Waals surface area (Å²) in [5.41, 5.74) is 1.90. The van der Waals surface area contributed by atoms with Gasteiger partial charge in [0.25, 0.3) is 5.91 Å². The molecule has 0 radical (unpaired) electrons. The monoisotopic (exact) mass is 407 g/mol. The van der Waals surface area contributed by atoms with Crippen LogP contribution < -0.4 is 4.74 Å². The minimum atomic E-state index is -0.284. The summed E-state index contributed by atoms with van der Waals surface area (Å²) in [6, 6.07) is 19.3. The van der Waals surface area contributed by atoms with Gasteiger partial charge in [-0.3, -0.25) is 9.69 Å². The van der Waals surface area contributed by atoms with Crippen LogP contribution in [-0.2, 0) is 4.79 Å². The summed E-state index contributed by atoms with van der Waals surface area (Å²) >= 11 is 8.58. The zero-order valence-electron chi connectivity index (χ0n) is 14.0. The number of carbonyl (C=O) groups excluding carboxylic acids is 1. The summed E-state index contributed by atoms with van der Waals surface area (Å²) in [6.07, 6.45) is 1.92. The van der Waals surface area contributed by atoms with E-state index in [9.17, 15) is 4.79 Å². The summed E-state index contributed by atoms with van der Waals surface area (Å²) in [5.74, 6) is 1.46. The minimum Gasteiger partial charge on any atom is -0.457 e. The van der Waals surface area contributed by atoms with Gasteiger partial charge in [-0.1, -0.05) is 66.4 Å². The summed E-state index contributed by atoms with van der Waals surface area (Å²) in [6.45, 7) is 0. The summed E-state index contributed by atoms with van der Waals surface area (Å²) in [4.78, 5) is 16.7. The number of hydrogen-bond acceptors (Lipinski definition) is 5. The summed E-state index contributed by atoms with van der Waals surface area (Å²) in [5, 5.41) is 2.00. The van der Waals surface area contributed by atoms with Gasteiger partial charge in [-0.05, 0) is 29.7 Å². The normalized spacial score (nSPS) is 17.8. The molecule has 132 valence electrons. The average molecular weight is 408 g/mol.